The van der Waals surface area contributed by atoms with Crippen LogP contribution in [0.2, 0.25) is 0 Å². The number of carbonyl (C=O) groups excluding carboxylic acids is 4. The number of quaternary nitrogens is 1. The number of nitrogens with one attached hydrogen (secondary N) is 3. The molecule has 0 bridgehead atoms. The first-order valence-electron chi connectivity index (χ1n) is 8.99. The number of hydrogen-bond acceptors (Lipinski definition) is 5. The fraction of sp³-hybridized carbons (Fsp3) is 0.474. The number of ketones is 1. The zero-order valence-electron chi connectivity index (χ0n) is 16.0. The highest BCUT2D eigenvalue weighted by Gasteiger charge is 2.22. The number of ether oxygens (including phenoxy) is 1. The second-order valence-corrected chi connectivity index (χ2v) is 6.15. The number of likely N-dealkylation sites (N-methyl/N-ethyl adjacent to an activating group) is 1. The molecule has 1 aromatic carbocycles. The van der Waals surface area contributed by atoms with Crippen LogP contribution in [0.15, 0.2) is 30.3 Å². The molecule has 0 saturated heterocycles. The van der Waals surface area contributed by atoms with E-state index < -0.39 is 18.0 Å². The van der Waals surface area contributed by atoms with E-state index in [4.69, 9.17) is 0 Å². The molecule has 8 nitrogen and oxygen atoms in total. The number of amides is 3. The Bertz CT molecular complexity index is 648. The van der Waals surface area contributed by atoms with E-state index in [2.05, 4.69) is 15.4 Å². The van der Waals surface area contributed by atoms with Gasteiger partial charge >= 0.3 is 6.09 Å². The topological polar surface area (TPSA) is 106 Å². The molecule has 0 aliphatic rings. The minimum atomic E-state index is -0.804. The predicted octanol–water partition coefficient (Wildman–Crippen LogP) is -0.520. The molecule has 1 rings (SSSR count). The zero-order chi connectivity index (χ0) is 20.2. The maximum atomic E-state index is 12.3. The van der Waals surface area contributed by atoms with Gasteiger partial charge in [-0.3, -0.25) is 19.7 Å². The van der Waals surface area contributed by atoms with Gasteiger partial charge in [0.25, 0.3) is 11.8 Å². The van der Waals surface area contributed by atoms with Crippen LogP contribution in [0, 0.1) is 0 Å². The molecule has 0 fully saturated rings. The lowest BCUT2D eigenvalue weighted by atomic mass is 10.0. The number of carbonyl (C=O) groups is 4. The molecule has 0 aromatic heterocycles. The van der Waals surface area contributed by atoms with Gasteiger partial charge in [0.15, 0.2) is 18.9 Å². The van der Waals surface area contributed by atoms with Crippen LogP contribution < -0.4 is 15.5 Å². The summed E-state index contributed by atoms with van der Waals surface area (Å²) in [5.41, 5.74) is 0.950. The number of hydrogen-bond donors (Lipinski definition) is 3. The minimum absolute atomic E-state index is 0.0192. The van der Waals surface area contributed by atoms with E-state index in [0.717, 1.165) is 5.56 Å². The molecule has 0 aliphatic heterocycles. The monoisotopic (exact) mass is 378 g/mol. The summed E-state index contributed by atoms with van der Waals surface area (Å²) in [6, 6.07) is 8.80. The summed E-state index contributed by atoms with van der Waals surface area (Å²) in [5.74, 6) is -0.984. The van der Waals surface area contributed by atoms with Gasteiger partial charge in [0.1, 0.15) is 0 Å². The molecule has 27 heavy (non-hydrogen) atoms. The smallest absolute Gasteiger partial charge is 0.414 e. The fourth-order valence-electron chi connectivity index (χ4n) is 2.48. The van der Waals surface area contributed by atoms with Crippen molar-refractivity contribution in [2.24, 2.45) is 0 Å². The van der Waals surface area contributed by atoms with Gasteiger partial charge in [-0.1, -0.05) is 30.3 Å². The van der Waals surface area contributed by atoms with Crippen molar-refractivity contribution in [3.05, 3.63) is 35.9 Å². The van der Waals surface area contributed by atoms with Crippen LogP contribution >= 0.6 is 0 Å². The Morgan fingerprint density at radius 3 is 2.22 bits per heavy atom. The molecule has 1 aromatic rings. The standard InChI is InChI=1S/C19H27N3O5/c1-4-22(13-18(25)21-19(26)27-5-2)12-17(24)20-16(14(3)23)11-15-9-7-6-8-10-15/h6-10,16H,4-5,11-13H2,1-3H3,(H,20,24)(H,21,25,26)/p+1/t16-/m1/s1. The molecule has 0 heterocycles. The molecular weight excluding hydrogens is 350 g/mol. The van der Waals surface area contributed by atoms with Crippen LogP contribution in [0.3, 0.4) is 0 Å². The van der Waals surface area contributed by atoms with Crippen molar-refractivity contribution >= 4 is 23.7 Å². The predicted molar refractivity (Wildman–Crippen MR) is 99.2 cm³/mol. The number of benzene rings is 1. The van der Waals surface area contributed by atoms with E-state index in [1.54, 1.807) is 6.92 Å². The lowest BCUT2D eigenvalue weighted by molar-refractivity contribution is -0.881. The molecular formula is C19H28N3O5+. The van der Waals surface area contributed by atoms with Crippen LogP contribution in [0.4, 0.5) is 4.79 Å². The van der Waals surface area contributed by atoms with Crippen LogP contribution in [0.5, 0.6) is 0 Å². The third kappa shape index (κ3) is 8.96. The number of imide groups is 1. The molecule has 3 N–H and O–H groups in total. The first kappa shape index (κ1) is 22.3. The van der Waals surface area contributed by atoms with Crippen molar-refractivity contribution in [1.82, 2.24) is 10.6 Å². The Kier molecular flexibility index (Phi) is 9.74. The Hall–Kier alpha value is -2.74. The molecule has 8 heteroatoms. The summed E-state index contributed by atoms with van der Waals surface area (Å²) < 4.78 is 4.65. The molecule has 0 spiro atoms. The maximum absolute atomic E-state index is 12.3. The molecule has 0 aliphatic carbocycles. The fourth-order valence-corrected chi connectivity index (χ4v) is 2.48. The van der Waals surface area contributed by atoms with E-state index in [-0.39, 0.29) is 31.4 Å². The van der Waals surface area contributed by atoms with Crippen molar-refractivity contribution in [1.29, 1.82) is 0 Å². The second-order valence-electron chi connectivity index (χ2n) is 6.15. The first-order valence-corrected chi connectivity index (χ1v) is 8.99. The van der Waals surface area contributed by atoms with Crippen molar-refractivity contribution in [3.63, 3.8) is 0 Å². The molecule has 0 radical (unpaired) electrons. The Labute approximate surface area is 159 Å². The van der Waals surface area contributed by atoms with E-state index in [1.165, 1.54) is 6.92 Å². The van der Waals surface area contributed by atoms with Crippen LogP contribution in [0.1, 0.15) is 26.3 Å². The van der Waals surface area contributed by atoms with Crippen LogP contribution in [0.25, 0.3) is 0 Å². The van der Waals surface area contributed by atoms with Gasteiger partial charge in [0, 0.05) is 0 Å². The van der Waals surface area contributed by atoms with Crippen LogP contribution in [-0.4, -0.2) is 56.0 Å². The maximum Gasteiger partial charge on any atom is 0.414 e. The van der Waals surface area contributed by atoms with Crippen molar-refractivity contribution in [3.8, 4) is 0 Å². The number of Topliss-reactive ketones (excluding diaryl/α,β-unsaturated/α-hetero) is 1. The quantitative estimate of drug-likeness (QED) is 0.508. The highest BCUT2D eigenvalue weighted by Crippen LogP contribution is 2.03. The molecule has 2 atom stereocenters. The molecule has 3 amide bonds. The summed E-state index contributed by atoms with van der Waals surface area (Å²) in [6.45, 7) is 5.54. The van der Waals surface area contributed by atoms with E-state index >= 15 is 0 Å². The minimum Gasteiger partial charge on any atom is -0.450 e. The molecule has 1 unspecified atom stereocenters. The number of alkyl carbamates (subject to hydrolysis) is 1. The Balaban J connectivity index is 2.56. The van der Waals surface area contributed by atoms with Gasteiger partial charge in [-0.2, -0.15) is 0 Å². The van der Waals surface area contributed by atoms with Crippen LogP contribution in [-0.2, 0) is 25.5 Å². The summed E-state index contributed by atoms with van der Waals surface area (Å²) >= 11 is 0. The zero-order valence-corrected chi connectivity index (χ0v) is 16.0. The van der Waals surface area contributed by atoms with E-state index in [1.807, 2.05) is 37.3 Å². The van der Waals surface area contributed by atoms with Gasteiger partial charge in [-0.15, -0.1) is 0 Å². The summed E-state index contributed by atoms with van der Waals surface area (Å²) in [4.78, 5) is 47.9. The largest absolute Gasteiger partial charge is 0.450 e. The highest BCUT2D eigenvalue weighted by atomic mass is 16.5. The van der Waals surface area contributed by atoms with Gasteiger partial charge in [0.05, 0.1) is 19.2 Å². The van der Waals surface area contributed by atoms with E-state index in [9.17, 15) is 19.2 Å². The van der Waals surface area contributed by atoms with Gasteiger partial charge < -0.3 is 15.0 Å². The average Bonchev–Trinajstić information content (AvgIpc) is 2.61. The van der Waals surface area contributed by atoms with Crippen molar-refractivity contribution in [2.45, 2.75) is 33.2 Å². The van der Waals surface area contributed by atoms with Crippen molar-refractivity contribution in [2.75, 3.05) is 26.2 Å². The lowest BCUT2D eigenvalue weighted by Gasteiger charge is -2.20. The SMILES string of the molecule is CCOC(=O)NC(=O)C[NH+](CC)CC(=O)N[C@H](Cc1ccccc1)C(C)=O. The summed E-state index contributed by atoms with van der Waals surface area (Å²) in [5, 5.41) is 4.84. The third-order valence-electron chi connectivity index (χ3n) is 3.95. The van der Waals surface area contributed by atoms with Gasteiger partial charge in [-0.25, -0.2) is 4.79 Å². The van der Waals surface area contributed by atoms with Gasteiger partial charge in [0.2, 0.25) is 0 Å². The Morgan fingerprint density at radius 1 is 1.04 bits per heavy atom. The summed E-state index contributed by atoms with van der Waals surface area (Å²) in [6.07, 6.45) is -0.394. The molecule has 148 valence electrons. The molecule has 0 saturated carbocycles. The average molecular weight is 378 g/mol. The normalized spacial score (nSPS) is 12.6. The lowest BCUT2D eigenvalue weighted by Crippen LogP contribution is -3.14. The Morgan fingerprint density at radius 2 is 1.67 bits per heavy atom. The van der Waals surface area contributed by atoms with Gasteiger partial charge in [-0.05, 0) is 32.8 Å². The second kappa shape index (κ2) is 11.8. The first-order chi connectivity index (χ1) is 12.8. The van der Waals surface area contributed by atoms with Crippen molar-refractivity contribution < 1.29 is 28.8 Å². The van der Waals surface area contributed by atoms with E-state index in [0.29, 0.717) is 17.9 Å². The highest BCUT2D eigenvalue weighted by molar-refractivity contribution is 5.92. The number of rotatable bonds is 10. The summed E-state index contributed by atoms with van der Waals surface area (Å²) in [7, 11) is 0. The third-order valence-corrected chi connectivity index (χ3v) is 3.95.